The maximum atomic E-state index is 13.1. The zero-order valence-electron chi connectivity index (χ0n) is 14.9. The van der Waals surface area contributed by atoms with E-state index in [1.165, 1.54) is 18.4 Å². The molecule has 0 N–H and O–H groups in total. The van der Waals surface area contributed by atoms with Crippen LogP contribution in [-0.4, -0.2) is 35.5 Å². The average Bonchev–Trinajstić information content (AvgIpc) is 3.04. The van der Waals surface area contributed by atoms with Crippen LogP contribution < -0.4 is 9.80 Å². The van der Waals surface area contributed by atoms with Gasteiger partial charge in [-0.15, -0.1) is 0 Å². The first-order valence-electron chi connectivity index (χ1n) is 9.12. The second kappa shape index (κ2) is 6.47. The van der Waals surface area contributed by atoms with E-state index in [0.29, 0.717) is 17.4 Å². The first-order chi connectivity index (χ1) is 12.1. The molecule has 0 spiro atoms. The Bertz CT molecular complexity index is 804. The van der Waals surface area contributed by atoms with Gasteiger partial charge in [-0.1, -0.05) is 25.1 Å². The van der Waals surface area contributed by atoms with E-state index in [9.17, 15) is 4.79 Å². The Labute approximate surface area is 148 Å². The van der Waals surface area contributed by atoms with Crippen LogP contribution in [0.15, 0.2) is 30.3 Å². The molecule has 3 heterocycles. The molecule has 0 saturated carbocycles. The number of fused-ring (bicyclic) bond motifs is 1. The first-order valence-corrected chi connectivity index (χ1v) is 9.12. The van der Waals surface area contributed by atoms with E-state index in [1.807, 2.05) is 36.1 Å². The van der Waals surface area contributed by atoms with Crippen molar-refractivity contribution in [2.24, 2.45) is 5.92 Å². The molecule has 2 aromatic rings. The Hall–Kier alpha value is -2.43. The number of amides is 1. The van der Waals surface area contributed by atoms with Crippen molar-refractivity contribution >= 4 is 17.4 Å². The summed E-state index contributed by atoms with van der Waals surface area (Å²) in [6.07, 6.45) is 3.34. The lowest BCUT2D eigenvalue weighted by Gasteiger charge is -2.32. The summed E-state index contributed by atoms with van der Waals surface area (Å²) in [5.41, 5.74) is 2.74. The fourth-order valence-electron chi connectivity index (χ4n) is 3.91. The van der Waals surface area contributed by atoms with Crippen molar-refractivity contribution in [2.75, 3.05) is 29.4 Å². The molecule has 1 amide bonds. The fraction of sp³-hybridized carbons (Fsp3) is 0.450. The van der Waals surface area contributed by atoms with Gasteiger partial charge in [0.2, 0.25) is 0 Å². The highest BCUT2D eigenvalue weighted by molar-refractivity contribution is 6.06. The van der Waals surface area contributed by atoms with Gasteiger partial charge in [-0.3, -0.25) is 4.79 Å². The summed E-state index contributed by atoms with van der Waals surface area (Å²) >= 11 is 0. The van der Waals surface area contributed by atoms with Gasteiger partial charge in [0.05, 0.1) is 0 Å². The molecule has 0 radical (unpaired) electrons. The molecule has 2 aliphatic heterocycles. The van der Waals surface area contributed by atoms with Crippen LogP contribution in [0, 0.1) is 12.8 Å². The van der Waals surface area contributed by atoms with E-state index >= 15 is 0 Å². The second-order valence-corrected chi connectivity index (χ2v) is 7.19. The summed E-state index contributed by atoms with van der Waals surface area (Å²) in [6, 6.07) is 9.98. The first kappa shape index (κ1) is 16.1. The number of carbonyl (C=O) groups excluding carboxylic acids is 1. The topological polar surface area (TPSA) is 49.3 Å². The third-order valence-corrected chi connectivity index (χ3v) is 5.16. The molecule has 1 aromatic carbocycles. The fourth-order valence-corrected chi connectivity index (χ4v) is 3.91. The van der Waals surface area contributed by atoms with Crippen LogP contribution >= 0.6 is 0 Å². The SMILES string of the molecule is Cc1nc(C(=O)N2CCc3ccccc32)cc(N2CCCC(C)C2)n1. The number of piperidine rings is 1. The summed E-state index contributed by atoms with van der Waals surface area (Å²) in [7, 11) is 0. The van der Waals surface area contributed by atoms with Crippen LogP contribution in [0.5, 0.6) is 0 Å². The normalized spacial score (nSPS) is 19.8. The van der Waals surface area contributed by atoms with Crippen molar-refractivity contribution in [3.05, 3.63) is 47.4 Å². The number of anilines is 2. The van der Waals surface area contributed by atoms with Crippen LogP contribution in [0.2, 0.25) is 0 Å². The third kappa shape index (κ3) is 3.11. The number of nitrogens with zero attached hydrogens (tertiary/aromatic N) is 4. The highest BCUT2D eigenvalue weighted by atomic mass is 16.2. The minimum Gasteiger partial charge on any atom is -0.356 e. The summed E-state index contributed by atoms with van der Waals surface area (Å²) in [5.74, 6) is 2.18. The smallest absolute Gasteiger partial charge is 0.277 e. The average molecular weight is 336 g/mol. The maximum Gasteiger partial charge on any atom is 0.277 e. The molecular formula is C20H24N4O. The van der Waals surface area contributed by atoms with Crippen molar-refractivity contribution in [3.8, 4) is 0 Å². The van der Waals surface area contributed by atoms with E-state index in [2.05, 4.69) is 27.9 Å². The lowest BCUT2D eigenvalue weighted by molar-refractivity contribution is 0.0984. The van der Waals surface area contributed by atoms with E-state index in [4.69, 9.17) is 0 Å². The number of benzene rings is 1. The number of hydrogen-bond acceptors (Lipinski definition) is 4. The molecule has 0 aliphatic carbocycles. The Morgan fingerprint density at radius 2 is 2.04 bits per heavy atom. The van der Waals surface area contributed by atoms with Crippen LogP contribution in [0.3, 0.4) is 0 Å². The predicted molar refractivity (Wildman–Crippen MR) is 99.2 cm³/mol. The molecule has 4 rings (SSSR count). The summed E-state index contributed by atoms with van der Waals surface area (Å²) < 4.78 is 0. The molecule has 5 heteroatoms. The van der Waals surface area contributed by atoms with Gasteiger partial charge < -0.3 is 9.80 Å². The lowest BCUT2D eigenvalue weighted by atomic mass is 10.0. The Morgan fingerprint density at radius 1 is 1.20 bits per heavy atom. The van der Waals surface area contributed by atoms with E-state index in [1.54, 1.807) is 0 Å². The quantitative estimate of drug-likeness (QED) is 0.845. The van der Waals surface area contributed by atoms with Gasteiger partial charge in [0.25, 0.3) is 5.91 Å². The number of aromatic nitrogens is 2. The van der Waals surface area contributed by atoms with Gasteiger partial charge in [0, 0.05) is 31.4 Å². The zero-order valence-corrected chi connectivity index (χ0v) is 14.9. The molecule has 2 aliphatic rings. The summed E-state index contributed by atoms with van der Waals surface area (Å²) in [4.78, 5) is 26.2. The Kier molecular flexibility index (Phi) is 4.15. The predicted octanol–water partition coefficient (Wildman–Crippen LogP) is 3.22. The van der Waals surface area contributed by atoms with E-state index in [0.717, 1.165) is 37.6 Å². The van der Waals surface area contributed by atoms with Gasteiger partial charge in [-0.25, -0.2) is 9.97 Å². The Balaban J connectivity index is 1.63. The molecule has 5 nitrogen and oxygen atoms in total. The molecule has 1 aromatic heterocycles. The molecule has 1 unspecified atom stereocenters. The van der Waals surface area contributed by atoms with Crippen molar-refractivity contribution < 1.29 is 4.79 Å². The van der Waals surface area contributed by atoms with Crippen LogP contribution in [-0.2, 0) is 6.42 Å². The number of para-hydroxylation sites is 1. The minimum absolute atomic E-state index is 0.0262. The molecular weight excluding hydrogens is 312 g/mol. The van der Waals surface area contributed by atoms with Gasteiger partial charge in [-0.2, -0.15) is 0 Å². The highest BCUT2D eigenvalue weighted by Crippen LogP contribution is 2.29. The van der Waals surface area contributed by atoms with Crippen molar-refractivity contribution in [3.63, 3.8) is 0 Å². The van der Waals surface area contributed by atoms with Crippen LogP contribution in [0.1, 0.15) is 41.6 Å². The summed E-state index contributed by atoms with van der Waals surface area (Å²) in [6.45, 7) is 6.86. The minimum atomic E-state index is -0.0262. The van der Waals surface area contributed by atoms with Gasteiger partial charge in [0.15, 0.2) is 0 Å². The standard InChI is InChI=1S/C20H24N4O/c1-14-6-5-10-23(13-14)19-12-17(21-15(2)22-19)20(25)24-11-9-16-7-3-4-8-18(16)24/h3-4,7-8,12,14H,5-6,9-11,13H2,1-2H3. The van der Waals surface area contributed by atoms with Crippen molar-refractivity contribution in [1.82, 2.24) is 9.97 Å². The van der Waals surface area contributed by atoms with Crippen LogP contribution in [0.4, 0.5) is 11.5 Å². The molecule has 0 bridgehead atoms. The second-order valence-electron chi connectivity index (χ2n) is 7.19. The lowest BCUT2D eigenvalue weighted by Crippen LogP contribution is -2.36. The molecule has 1 saturated heterocycles. The largest absolute Gasteiger partial charge is 0.356 e. The number of carbonyl (C=O) groups is 1. The maximum absolute atomic E-state index is 13.1. The molecule has 130 valence electrons. The number of hydrogen-bond donors (Lipinski definition) is 0. The monoisotopic (exact) mass is 336 g/mol. The Morgan fingerprint density at radius 3 is 2.88 bits per heavy atom. The number of rotatable bonds is 2. The highest BCUT2D eigenvalue weighted by Gasteiger charge is 2.27. The number of aryl methyl sites for hydroxylation is 1. The van der Waals surface area contributed by atoms with Crippen LogP contribution in [0.25, 0.3) is 0 Å². The van der Waals surface area contributed by atoms with Gasteiger partial charge in [0.1, 0.15) is 17.3 Å². The molecule has 1 atom stereocenters. The zero-order chi connectivity index (χ0) is 17.4. The van der Waals surface area contributed by atoms with Gasteiger partial charge in [-0.05, 0) is 43.7 Å². The van der Waals surface area contributed by atoms with E-state index < -0.39 is 0 Å². The third-order valence-electron chi connectivity index (χ3n) is 5.16. The van der Waals surface area contributed by atoms with Crippen molar-refractivity contribution in [1.29, 1.82) is 0 Å². The molecule has 25 heavy (non-hydrogen) atoms. The molecule has 1 fully saturated rings. The van der Waals surface area contributed by atoms with E-state index in [-0.39, 0.29) is 5.91 Å². The van der Waals surface area contributed by atoms with Crippen molar-refractivity contribution in [2.45, 2.75) is 33.1 Å². The van der Waals surface area contributed by atoms with Gasteiger partial charge >= 0.3 is 0 Å². The summed E-state index contributed by atoms with van der Waals surface area (Å²) in [5, 5.41) is 0.